The third kappa shape index (κ3) is 40.4. The van der Waals surface area contributed by atoms with Crippen LogP contribution in [0, 0.1) is 0 Å². The summed E-state index contributed by atoms with van der Waals surface area (Å²) in [6.45, 7) is 3.87. The van der Waals surface area contributed by atoms with E-state index in [0.29, 0.717) is 13.0 Å². The van der Waals surface area contributed by atoms with Crippen LogP contribution in [0.5, 0.6) is 0 Å². The molecule has 0 aromatic heterocycles. The van der Waals surface area contributed by atoms with Gasteiger partial charge in [-0.15, -0.1) is 0 Å². The van der Waals surface area contributed by atoms with Crippen LogP contribution >= 0.6 is 7.82 Å². The molecule has 0 aliphatic carbocycles. The number of hydrogen-bond donors (Lipinski definition) is 3. The largest absolute Gasteiger partial charge is 0.480 e. The first kappa shape index (κ1) is 54.2. The minimum Gasteiger partial charge on any atom is -0.480 e. The summed E-state index contributed by atoms with van der Waals surface area (Å²) < 4.78 is 33.3. The molecule has 0 spiro atoms. The number of carbonyl (C=O) groups is 2. The van der Waals surface area contributed by atoms with Gasteiger partial charge in [0, 0.05) is 13.0 Å². The lowest BCUT2D eigenvalue weighted by Gasteiger charge is -2.20. The van der Waals surface area contributed by atoms with Crippen molar-refractivity contribution in [1.29, 1.82) is 0 Å². The Bertz CT molecular complexity index is 1040. The van der Waals surface area contributed by atoms with E-state index in [1.165, 1.54) is 103 Å². The van der Waals surface area contributed by atoms with E-state index >= 15 is 0 Å². The molecule has 4 N–H and O–H groups in total. The molecule has 0 rings (SSSR count). The normalized spacial score (nSPS) is 14.2. The van der Waals surface area contributed by atoms with Gasteiger partial charge in [-0.25, -0.2) is 4.57 Å². The van der Waals surface area contributed by atoms with Gasteiger partial charge in [0.05, 0.1) is 19.8 Å². The van der Waals surface area contributed by atoms with E-state index < -0.39 is 45.1 Å². The summed E-state index contributed by atoms with van der Waals surface area (Å²) in [5, 5.41) is 8.89. The van der Waals surface area contributed by atoms with Gasteiger partial charge in [-0.1, -0.05) is 179 Å². The summed E-state index contributed by atoms with van der Waals surface area (Å²) in [5.41, 5.74) is 5.35. The number of nitrogens with two attached hydrogens (primary N) is 1. The van der Waals surface area contributed by atoms with Gasteiger partial charge < -0.3 is 25.2 Å². The van der Waals surface area contributed by atoms with Crippen molar-refractivity contribution in [2.24, 2.45) is 5.73 Å². The highest BCUT2D eigenvalue weighted by Gasteiger charge is 2.27. The maximum Gasteiger partial charge on any atom is 0.472 e. The molecule has 3 atom stereocenters. The molecule has 328 valence electrons. The molecule has 0 amide bonds. The van der Waals surface area contributed by atoms with Crippen LogP contribution < -0.4 is 5.73 Å². The zero-order chi connectivity index (χ0) is 41.2. The Balaban J connectivity index is 4.22. The number of carboxylic acid groups (broad SMARTS) is 1. The van der Waals surface area contributed by atoms with Gasteiger partial charge in [0.1, 0.15) is 12.1 Å². The Labute approximate surface area is 342 Å². The summed E-state index contributed by atoms with van der Waals surface area (Å²) in [6.07, 6.45) is 46.2. The maximum atomic E-state index is 12.6. The number of carboxylic acids is 1. The van der Waals surface area contributed by atoms with E-state index in [9.17, 15) is 19.0 Å². The monoisotopic (exact) mass is 814 g/mol. The lowest BCUT2D eigenvalue weighted by Crippen LogP contribution is -2.34. The summed E-state index contributed by atoms with van der Waals surface area (Å²) in [6, 6.07) is -1.47. The Kier molecular flexibility index (Phi) is 40.0. The number of allylic oxidation sites excluding steroid dienone is 6. The third-order valence-electron chi connectivity index (χ3n) is 9.67. The van der Waals surface area contributed by atoms with Crippen molar-refractivity contribution in [1.82, 2.24) is 0 Å². The number of aliphatic carboxylic acids is 1. The predicted octanol–water partition coefficient (Wildman–Crippen LogP) is 12.5. The lowest BCUT2D eigenvalue weighted by atomic mass is 10.0. The van der Waals surface area contributed by atoms with Crippen molar-refractivity contribution in [3.8, 4) is 0 Å². The van der Waals surface area contributed by atoms with E-state index in [1.54, 1.807) is 0 Å². The van der Waals surface area contributed by atoms with Crippen molar-refractivity contribution in [2.45, 2.75) is 212 Å². The molecule has 0 aromatic rings. The number of unbranched alkanes of at least 4 members (excludes halogenated alkanes) is 23. The molecule has 0 radical (unpaired) electrons. The fraction of sp³-hybridized carbons (Fsp3) is 0.822. The fourth-order valence-corrected chi connectivity index (χ4v) is 6.92. The van der Waals surface area contributed by atoms with Crippen LogP contribution in [0.2, 0.25) is 0 Å². The van der Waals surface area contributed by atoms with E-state index in [2.05, 4.69) is 50.3 Å². The average molecular weight is 814 g/mol. The smallest absolute Gasteiger partial charge is 0.472 e. The molecule has 0 saturated heterocycles. The van der Waals surface area contributed by atoms with Gasteiger partial charge in [0.15, 0.2) is 0 Å². The number of hydrogen-bond acceptors (Lipinski definition) is 8. The van der Waals surface area contributed by atoms with Crippen LogP contribution in [-0.2, 0) is 32.7 Å². The zero-order valence-electron chi connectivity index (χ0n) is 35.7. The van der Waals surface area contributed by atoms with Crippen LogP contribution in [0.15, 0.2) is 36.5 Å². The van der Waals surface area contributed by atoms with Gasteiger partial charge in [0.25, 0.3) is 0 Å². The minimum absolute atomic E-state index is 0.0139. The minimum atomic E-state index is -4.62. The van der Waals surface area contributed by atoms with E-state index in [4.69, 9.17) is 29.4 Å². The van der Waals surface area contributed by atoms with Crippen LogP contribution in [0.25, 0.3) is 0 Å². The molecule has 10 nitrogen and oxygen atoms in total. The number of phosphoric ester groups is 1. The van der Waals surface area contributed by atoms with Crippen molar-refractivity contribution in [3.05, 3.63) is 36.5 Å². The molecule has 0 aromatic carbocycles. The Morgan fingerprint density at radius 1 is 0.571 bits per heavy atom. The molecule has 11 heteroatoms. The summed E-state index contributed by atoms with van der Waals surface area (Å²) >= 11 is 0. The molecule has 0 aliphatic heterocycles. The van der Waals surface area contributed by atoms with E-state index in [1.807, 2.05) is 0 Å². The fourth-order valence-electron chi connectivity index (χ4n) is 6.14. The van der Waals surface area contributed by atoms with E-state index in [0.717, 1.165) is 70.6 Å². The first-order chi connectivity index (χ1) is 27.2. The van der Waals surface area contributed by atoms with Gasteiger partial charge in [-0.3, -0.25) is 18.6 Å². The summed E-state index contributed by atoms with van der Waals surface area (Å²) in [7, 11) is -4.62. The molecule has 0 bridgehead atoms. The average Bonchev–Trinajstić information content (AvgIpc) is 3.18. The first-order valence-corrected chi connectivity index (χ1v) is 24.0. The molecule has 0 aliphatic rings. The SMILES string of the molecule is CCCCCCC/C=C\C/C=C\C/C=C\CCCCCCCCC(=O)OC(COCCCCCCCCCCCCCCC)COP(=O)(O)OCC(N)C(=O)O. The van der Waals surface area contributed by atoms with Crippen LogP contribution in [0.4, 0.5) is 0 Å². The summed E-state index contributed by atoms with van der Waals surface area (Å²) in [4.78, 5) is 33.5. The highest BCUT2D eigenvalue weighted by Crippen LogP contribution is 2.43. The van der Waals surface area contributed by atoms with Crippen molar-refractivity contribution in [3.63, 3.8) is 0 Å². The van der Waals surface area contributed by atoms with Crippen molar-refractivity contribution < 1.29 is 42.7 Å². The highest BCUT2D eigenvalue weighted by molar-refractivity contribution is 7.47. The topological polar surface area (TPSA) is 155 Å². The maximum absolute atomic E-state index is 12.6. The second-order valence-corrected chi connectivity index (χ2v) is 16.6. The standard InChI is InChI=1S/C45H84NO9P/c1-3-5-7-9-11-13-15-17-18-19-20-21-22-23-24-25-27-29-31-33-35-37-44(47)55-42(40-53-56(50,51)54-41-43(46)45(48)49)39-52-38-36-34-32-30-28-26-16-14-12-10-8-6-4-2/h15,17,19-20,22-23,42-43H,3-14,16,18,21,24-41,46H2,1-2H3,(H,48,49)(H,50,51)/b17-15-,20-19-,23-22-. The van der Waals surface area contributed by atoms with Gasteiger partial charge in [0.2, 0.25) is 0 Å². The van der Waals surface area contributed by atoms with Gasteiger partial charge >= 0.3 is 19.8 Å². The predicted molar refractivity (Wildman–Crippen MR) is 231 cm³/mol. The molecule has 56 heavy (non-hydrogen) atoms. The molecule has 0 saturated carbocycles. The Hall–Kier alpha value is -1.81. The summed E-state index contributed by atoms with van der Waals surface area (Å²) in [5.74, 6) is -1.79. The van der Waals surface area contributed by atoms with Crippen molar-refractivity contribution >= 4 is 19.8 Å². The Morgan fingerprint density at radius 3 is 1.46 bits per heavy atom. The molecule has 0 heterocycles. The first-order valence-electron chi connectivity index (χ1n) is 22.5. The van der Waals surface area contributed by atoms with Crippen LogP contribution in [-0.4, -0.2) is 60.5 Å². The molecule has 3 unspecified atom stereocenters. The number of phosphoric acid groups is 1. The number of rotatable bonds is 43. The number of carbonyl (C=O) groups excluding carboxylic acids is 1. The number of esters is 1. The lowest BCUT2D eigenvalue weighted by molar-refractivity contribution is -0.154. The van der Waals surface area contributed by atoms with Gasteiger partial charge in [-0.05, 0) is 51.4 Å². The molecule has 0 fully saturated rings. The Morgan fingerprint density at radius 2 is 0.982 bits per heavy atom. The zero-order valence-corrected chi connectivity index (χ0v) is 36.6. The molecular weight excluding hydrogens is 729 g/mol. The van der Waals surface area contributed by atoms with Crippen LogP contribution in [0.3, 0.4) is 0 Å². The van der Waals surface area contributed by atoms with E-state index in [-0.39, 0.29) is 13.0 Å². The third-order valence-corrected chi connectivity index (χ3v) is 10.6. The second-order valence-electron chi connectivity index (χ2n) is 15.2. The van der Waals surface area contributed by atoms with Gasteiger partial charge in [-0.2, -0.15) is 0 Å². The molecular formula is C45H84NO9P. The van der Waals surface area contributed by atoms with Crippen molar-refractivity contribution in [2.75, 3.05) is 26.4 Å². The highest BCUT2D eigenvalue weighted by atomic mass is 31.2. The second kappa shape index (κ2) is 41.4. The van der Waals surface area contributed by atoms with Crippen LogP contribution in [0.1, 0.15) is 200 Å². The number of ether oxygens (including phenoxy) is 2. The quantitative estimate of drug-likeness (QED) is 0.0234.